The zero-order valence-corrected chi connectivity index (χ0v) is 17.2. The van der Waals surface area contributed by atoms with E-state index < -0.39 is 0 Å². The fourth-order valence-corrected chi connectivity index (χ4v) is 4.30. The molecule has 3 aromatic rings. The first-order chi connectivity index (χ1) is 13.6. The van der Waals surface area contributed by atoms with Crippen molar-refractivity contribution in [3.8, 4) is 5.75 Å². The molecule has 0 N–H and O–H groups in total. The summed E-state index contributed by atoms with van der Waals surface area (Å²) in [7, 11) is 1.36. The van der Waals surface area contributed by atoms with Crippen molar-refractivity contribution in [2.45, 2.75) is 19.9 Å². The van der Waals surface area contributed by atoms with Gasteiger partial charge in [0.25, 0.3) is 5.91 Å². The Hall–Kier alpha value is -2.71. The minimum atomic E-state index is -0.350. The minimum Gasteiger partial charge on any atom is -0.494 e. The van der Waals surface area contributed by atoms with E-state index in [1.165, 1.54) is 24.5 Å². The van der Waals surface area contributed by atoms with Gasteiger partial charge in [0.05, 0.1) is 30.4 Å². The quantitative estimate of drug-likeness (QED) is 0.433. The van der Waals surface area contributed by atoms with Crippen molar-refractivity contribution < 1.29 is 19.1 Å². The molecule has 1 aromatic carbocycles. The second-order valence-electron chi connectivity index (χ2n) is 5.72. The van der Waals surface area contributed by atoms with E-state index in [2.05, 4.69) is 4.99 Å². The van der Waals surface area contributed by atoms with Gasteiger partial charge in [0.1, 0.15) is 5.75 Å². The van der Waals surface area contributed by atoms with Crippen LogP contribution < -0.4 is 9.54 Å². The molecule has 0 saturated carbocycles. The van der Waals surface area contributed by atoms with Gasteiger partial charge in [-0.3, -0.25) is 9.59 Å². The van der Waals surface area contributed by atoms with Crippen molar-refractivity contribution in [1.29, 1.82) is 0 Å². The summed E-state index contributed by atoms with van der Waals surface area (Å²) in [5.74, 6) is 0.0938. The first-order valence-electron chi connectivity index (χ1n) is 8.74. The molecule has 0 aliphatic rings. The van der Waals surface area contributed by atoms with Crippen LogP contribution in [-0.4, -0.2) is 30.2 Å². The molecule has 6 nitrogen and oxygen atoms in total. The predicted molar refractivity (Wildman–Crippen MR) is 112 cm³/mol. The van der Waals surface area contributed by atoms with Gasteiger partial charge in [-0.15, -0.1) is 11.3 Å². The number of hydrogen-bond acceptors (Lipinski definition) is 6. The number of thiazole rings is 1. The Balaban J connectivity index is 1.97. The normalized spacial score (nSPS) is 12.0. The van der Waals surface area contributed by atoms with E-state index >= 15 is 0 Å². The zero-order chi connectivity index (χ0) is 19.9. The Morgan fingerprint density at radius 1 is 1.29 bits per heavy atom. The second kappa shape index (κ2) is 9.48. The van der Waals surface area contributed by atoms with Crippen LogP contribution in [0.25, 0.3) is 16.3 Å². The topological polar surface area (TPSA) is 69.9 Å². The lowest BCUT2D eigenvalue weighted by atomic mass is 10.3. The summed E-state index contributed by atoms with van der Waals surface area (Å²) in [6.45, 7) is 2.87. The number of fused-ring (bicyclic) bond motifs is 1. The average molecular weight is 417 g/mol. The van der Waals surface area contributed by atoms with Gasteiger partial charge in [-0.2, -0.15) is 4.99 Å². The Labute approximate surface area is 170 Å². The lowest BCUT2D eigenvalue weighted by Crippen LogP contribution is -2.18. The smallest absolute Gasteiger partial charge is 0.307 e. The van der Waals surface area contributed by atoms with Gasteiger partial charge in [-0.1, -0.05) is 17.4 Å². The van der Waals surface area contributed by atoms with E-state index in [1.54, 1.807) is 17.4 Å². The third-order valence-electron chi connectivity index (χ3n) is 3.87. The standard InChI is InChI=1S/C20H20N2O4S2/c1-3-26-14-6-8-16-17(13-14)28-20(22(16)11-10-19(24)25-2)21-18(23)9-7-15-5-4-12-27-15/h4-9,12-13H,3,10-11H2,1-2H3/b9-7+,21-20?. The van der Waals surface area contributed by atoms with Crippen LogP contribution in [0.2, 0.25) is 0 Å². The minimum absolute atomic E-state index is 0.196. The number of carbonyl (C=O) groups is 2. The summed E-state index contributed by atoms with van der Waals surface area (Å²) in [6, 6.07) is 9.56. The average Bonchev–Trinajstić information content (AvgIpc) is 3.32. The molecule has 2 aromatic heterocycles. The summed E-state index contributed by atoms with van der Waals surface area (Å²) >= 11 is 2.94. The maximum absolute atomic E-state index is 12.3. The zero-order valence-electron chi connectivity index (χ0n) is 15.6. The molecule has 0 aliphatic carbocycles. The lowest BCUT2D eigenvalue weighted by Gasteiger charge is -2.05. The van der Waals surface area contributed by atoms with Crippen LogP contribution in [0.4, 0.5) is 0 Å². The molecule has 0 spiro atoms. The molecule has 0 atom stereocenters. The van der Waals surface area contributed by atoms with Gasteiger partial charge in [0.2, 0.25) is 0 Å². The SMILES string of the molecule is CCOc1ccc2c(c1)sc(=NC(=O)/C=C/c1cccs1)n2CCC(=O)OC. The third kappa shape index (κ3) is 4.96. The van der Waals surface area contributed by atoms with Crippen LogP contribution in [0.5, 0.6) is 5.75 Å². The van der Waals surface area contributed by atoms with Crippen LogP contribution in [0.3, 0.4) is 0 Å². The molecule has 3 rings (SSSR count). The fourth-order valence-electron chi connectivity index (χ4n) is 2.59. The summed E-state index contributed by atoms with van der Waals surface area (Å²) < 4.78 is 13.1. The number of esters is 1. The highest BCUT2D eigenvalue weighted by Crippen LogP contribution is 2.23. The van der Waals surface area contributed by atoms with Crippen molar-refractivity contribution in [2.75, 3.05) is 13.7 Å². The summed E-state index contributed by atoms with van der Waals surface area (Å²) in [5, 5.41) is 1.95. The van der Waals surface area contributed by atoms with E-state index in [0.717, 1.165) is 20.8 Å². The first-order valence-corrected chi connectivity index (χ1v) is 10.4. The number of methoxy groups -OCH3 is 1. The lowest BCUT2D eigenvalue weighted by molar-refractivity contribution is -0.140. The van der Waals surface area contributed by atoms with Crippen molar-refractivity contribution in [1.82, 2.24) is 4.57 Å². The van der Waals surface area contributed by atoms with Crippen LogP contribution in [0, 0.1) is 0 Å². The molecule has 2 heterocycles. The monoisotopic (exact) mass is 416 g/mol. The predicted octanol–water partition coefficient (Wildman–Crippen LogP) is 3.87. The maximum Gasteiger partial charge on any atom is 0.307 e. The molecule has 0 aliphatic heterocycles. The molecule has 28 heavy (non-hydrogen) atoms. The van der Waals surface area contributed by atoms with E-state index in [1.807, 2.05) is 47.2 Å². The second-order valence-corrected chi connectivity index (χ2v) is 7.71. The van der Waals surface area contributed by atoms with Crippen molar-refractivity contribution >= 4 is 50.8 Å². The van der Waals surface area contributed by atoms with E-state index in [-0.39, 0.29) is 18.3 Å². The maximum atomic E-state index is 12.3. The molecular formula is C20H20N2O4S2. The number of aromatic nitrogens is 1. The number of rotatable bonds is 7. The molecule has 0 fully saturated rings. The first kappa shape index (κ1) is 20.0. The Morgan fingerprint density at radius 2 is 2.14 bits per heavy atom. The number of benzene rings is 1. The summed E-state index contributed by atoms with van der Waals surface area (Å²) in [5.41, 5.74) is 0.895. The number of ether oxygens (including phenoxy) is 2. The molecule has 0 unspecified atom stereocenters. The van der Waals surface area contributed by atoms with Gasteiger partial charge < -0.3 is 14.0 Å². The number of thiophene rings is 1. The Kier molecular flexibility index (Phi) is 6.78. The highest BCUT2D eigenvalue weighted by molar-refractivity contribution is 7.16. The van der Waals surface area contributed by atoms with E-state index in [9.17, 15) is 9.59 Å². The van der Waals surface area contributed by atoms with E-state index in [0.29, 0.717) is 18.0 Å². The number of carbonyl (C=O) groups excluding carboxylic acids is 2. The van der Waals surface area contributed by atoms with Crippen molar-refractivity contribution in [2.24, 2.45) is 4.99 Å². The molecule has 1 amide bonds. The highest BCUT2D eigenvalue weighted by atomic mass is 32.1. The number of nitrogens with zero attached hydrogens (tertiary/aromatic N) is 2. The highest BCUT2D eigenvalue weighted by Gasteiger charge is 2.11. The van der Waals surface area contributed by atoms with E-state index in [4.69, 9.17) is 9.47 Å². The molecule has 0 saturated heterocycles. The largest absolute Gasteiger partial charge is 0.494 e. The van der Waals surface area contributed by atoms with Crippen LogP contribution in [-0.2, 0) is 20.9 Å². The molecule has 146 valence electrons. The third-order valence-corrected chi connectivity index (χ3v) is 5.75. The molecule has 0 bridgehead atoms. The molecular weight excluding hydrogens is 396 g/mol. The van der Waals surface area contributed by atoms with Gasteiger partial charge in [-0.25, -0.2) is 0 Å². The van der Waals surface area contributed by atoms with Crippen LogP contribution >= 0.6 is 22.7 Å². The summed E-state index contributed by atoms with van der Waals surface area (Å²) in [4.78, 5) is 29.7. The van der Waals surface area contributed by atoms with Gasteiger partial charge >= 0.3 is 5.97 Å². The van der Waals surface area contributed by atoms with Gasteiger partial charge in [0.15, 0.2) is 4.80 Å². The van der Waals surface area contributed by atoms with Crippen molar-refractivity contribution in [3.05, 3.63) is 51.5 Å². The van der Waals surface area contributed by atoms with Gasteiger partial charge in [-0.05, 0) is 42.6 Å². The molecule has 8 heteroatoms. The number of amides is 1. The van der Waals surface area contributed by atoms with Gasteiger partial charge in [0, 0.05) is 17.5 Å². The number of aryl methyl sites for hydroxylation is 1. The fraction of sp³-hybridized carbons (Fsp3) is 0.250. The number of hydrogen-bond donors (Lipinski definition) is 0. The summed E-state index contributed by atoms with van der Waals surface area (Å²) in [6.07, 6.45) is 3.39. The Morgan fingerprint density at radius 3 is 2.86 bits per heavy atom. The van der Waals surface area contributed by atoms with Crippen LogP contribution in [0.15, 0.2) is 46.8 Å². The Bertz CT molecular complexity index is 1060. The van der Waals surface area contributed by atoms with Crippen LogP contribution in [0.1, 0.15) is 18.2 Å². The molecule has 0 radical (unpaired) electrons. The van der Waals surface area contributed by atoms with Crippen molar-refractivity contribution in [3.63, 3.8) is 0 Å².